The van der Waals surface area contributed by atoms with Gasteiger partial charge in [-0.05, 0) is 126 Å². The SMILES string of the molecule is CC[C@H](C)[C@H](CC(=O)[C@@]1(C)CCCN1C)C(=O)N(C)[C@H](C[C@@H](NC(=O)OCc1ccc(NC(=O)[C@H](CCCNC(N)=O)CC(=O)[C@@H](NC(=O)CCCCCN2C(=O)CC(SC)C2=O)C(C)C)cc1)c1nc(C(=O)N[C@@H](Cc2ccccc2)C[C@H](C)C(=O)O)cs1)C(C)C. The number of anilines is 1. The van der Waals surface area contributed by atoms with E-state index in [2.05, 4.69) is 31.5 Å². The molecule has 512 valence electrons. The highest BCUT2D eigenvalue weighted by Gasteiger charge is 2.44. The molecule has 10 atom stereocenters. The summed E-state index contributed by atoms with van der Waals surface area (Å²) in [6, 6.07) is 12.3. The first-order valence-corrected chi connectivity index (χ1v) is 34.8. The predicted octanol–water partition coefficient (Wildman–Crippen LogP) is 8.70. The van der Waals surface area contributed by atoms with Crippen molar-refractivity contribution >= 4 is 93.9 Å². The summed E-state index contributed by atoms with van der Waals surface area (Å²) >= 11 is 2.49. The van der Waals surface area contributed by atoms with Gasteiger partial charge in [0.05, 0.1) is 28.8 Å². The maximum absolute atomic E-state index is 14.8. The Morgan fingerprint density at radius 2 is 1.58 bits per heavy atom. The molecule has 0 radical (unpaired) electrons. The first kappa shape index (κ1) is 76.5. The van der Waals surface area contributed by atoms with E-state index < -0.39 is 77.4 Å². The second-order valence-corrected chi connectivity index (χ2v) is 27.9. The zero-order valence-electron chi connectivity index (χ0n) is 56.1. The van der Waals surface area contributed by atoms with E-state index in [-0.39, 0.29) is 129 Å². The molecule has 23 nitrogen and oxygen atoms in total. The number of ether oxygens (including phenoxy) is 1. The van der Waals surface area contributed by atoms with Crippen LogP contribution in [-0.4, -0.2) is 159 Å². The number of carboxylic acid groups (broad SMARTS) is 1. The van der Waals surface area contributed by atoms with Crippen LogP contribution in [0.25, 0.3) is 0 Å². The number of primary amides is 1. The minimum atomic E-state index is -0.996. The number of aromatic nitrogens is 1. The third kappa shape index (κ3) is 23.0. The average molecular weight is 1330 g/mol. The lowest BCUT2D eigenvalue weighted by Gasteiger charge is -2.38. The molecule has 25 heteroatoms. The van der Waals surface area contributed by atoms with Gasteiger partial charge >= 0.3 is 18.1 Å². The molecular weight excluding hydrogens is 1230 g/mol. The lowest BCUT2D eigenvalue weighted by Crippen LogP contribution is -2.50. The van der Waals surface area contributed by atoms with Crippen LogP contribution in [0.5, 0.6) is 0 Å². The minimum Gasteiger partial charge on any atom is -0.481 e. The van der Waals surface area contributed by atoms with Crippen molar-refractivity contribution in [3.63, 3.8) is 0 Å². The Balaban J connectivity index is 1.29. The number of aliphatic carboxylic acids is 1. The maximum Gasteiger partial charge on any atom is 0.408 e. The first-order valence-electron chi connectivity index (χ1n) is 32.7. The molecule has 0 spiro atoms. The van der Waals surface area contributed by atoms with Crippen molar-refractivity contribution in [3.05, 3.63) is 81.8 Å². The number of alkyl carbamates (subject to hydrolysis) is 1. The molecule has 8 N–H and O–H groups in total. The molecule has 9 amide bonds. The predicted molar refractivity (Wildman–Crippen MR) is 359 cm³/mol. The largest absolute Gasteiger partial charge is 0.481 e. The molecule has 1 unspecified atom stereocenters. The lowest BCUT2D eigenvalue weighted by atomic mass is 9.80. The van der Waals surface area contributed by atoms with E-state index in [9.17, 15) is 57.8 Å². The number of unbranched alkanes of at least 4 members (excludes halogenated alkanes) is 2. The van der Waals surface area contributed by atoms with E-state index >= 15 is 0 Å². The van der Waals surface area contributed by atoms with Crippen LogP contribution in [0.1, 0.15) is 178 Å². The number of carbonyl (C=O) groups is 11. The summed E-state index contributed by atoms with van der Waals surface area (Å²) < 4.78 is 5.81. The van der Waals surface area contributed by atoms with Gasteiger partial charge in [-0.2, -0.15) is 11.8 Å². The van der Waals surface area contributed by atoms with Gasteiger partial charge < -0.3 is 47.1 Å². The summed E-state index contributed by atoms with van der Waals surface area (Å²) in [4.78, 5) is 156. The van der Waals surface area contributed by atoms with E-state index in [1.54, 1.807) is 68.6 Å². The number of hydrogen-bond acceptors (Lipinski definition) is 16. The van der Waals surface area contributed by atoms with Crippen LogP contribution < -0.4 is 32.3 Å². The summed E-state index contributed by atoms with van der Waals surface area (Å²) in [5.74, 6) is -6.08. The van der Waals surface area contributed by atoms with Crippen molar-refractivity contribution in [2.24, 2.45) is 41.2 Å². The molecule has 1 aromatic heterocycles. The number of nitrogens with zero attached hydrogens (tertiary/aromatic N) is 4. The van der Waals surface area contributed by atoms with Gasteiger partial charge in [0.25, 0.3) is 5.91 Å². The van der Waals surface area contributed by atoms with E-state index in [0.29, 0.717) is 61.2 Å². The molecule has 5 rings (SSSR count). The first-order chi connectivity index (χ1) is 44.1. The van der Waals surface area contributed by atoms with E-state index in [1.807, 2.05) is 72.0 Å². The molecule has 93 heavy (non-hydrogen) atoms. The fraction of sp³-hybridized carbons (Fsp3) is 0.618. The van der Waals surface area contributed by atoms with Crippen LogP contribution in [-0.2, 0) is 56.1 Å². The molecule has 2 saturated heterocycles. The number of thiazole rings is 1. The number of ketones is 2. The summed E-state index contributed by atoms with van der Waals surface area (Å²) in [5, 5.41) is 25.6. The topological polar surface area (TPSA) is 326 Å². The standard InChI is InChI=1S/C68H100N10O13S2/c1-12-43(6)50(36-56(80)68(8)29-20-31-76(68)9)63(85)77(10)53(41(2)3)37-51(62-73-52(40-93-62)61(84)72-49(33-44(7)65(87)88)34-45-21-15-13-16-22-45)74-67(90)91-39-46-25-27-48(28-26-46)71-60(83)47(23-19-30-70-66(69)89)35-54(79)59(42(4)5)75-57(81)24-17-14-18-32-78-58(82)38-55(92-11)64(78)86/h13,15-16,21-22,25-28,40-44,47,49-51,53,55,59H,12,14,17-20,23-24,29-39H2,1-11H3,(H,71,83)(H,72,84)(H,74,90)(H,75,81)(H,87,88)(H3,69,70,89)/t43-,44-,47+,49+,50-,51+,53+,55?,59-,68+/m0/s1. The number of rotatable bonds is 39. The number of urea groups is 1. The highest BCUT2D eigenvalue weighted by molar-refractivity contribution is 8.00. The summed E-state index contributed by atoms with van der Waals surface area (Å²) in [7, 11) is 3.66. The number of nitrogens with one attached hydrogen (secondary N) is 5. The Morgan fingerprint density at radius 1 is 0.882 bits per heavy atom. The molecular formula is C68H100N10O13S2. The van der Waals surface area contributed by atoms with Gasteiger partial charge in [-0.3, -0.25) is 53.0 Å². The third-order valence-corrected chi connectivity index (χ3v) is 20.2. The Bertz CT molecular complexity index is 3040. The molecule has 3 aromatic rings. The fourth-order valence-corrected chi connectivity index (χ4v) is 13.6. The zero-order valence-corrected chi connectivity index (χ0v) is 57.7. The van der Waals surface area contributed by atoms with Crippen molar-refractivity contribution < 1.29 is 62.6 Å². The Morgan fingerprint density at radius 3 is 2.18 bits per heavy atom. The van der Waals surface area contributed by atoms with Crippen LogP contribution in [0, 0.1) is 35.5 Å². The molecule has 2 aliphatic rings. The Labute approximate surface area is 556 Å². The van der Waals surface area contributed by atoms with E-state index in [1.165, 1.54) is 16.7 Å². The monoisotopic (exact) mass is 1330 g/mol. The highest BCUT2D eigenvalue weighted by Crippen LogP contribution is 2.35. The molecule has 2 fully saturated rings. The molecule has 0 saturated carbocycles. The summed E-state index contributed by atoms with van der Waals surface area (Å²) in [6.07, 6.45) is 6.18. The van der Waals surface area contributed by atoms with Gasteiger partial charge in [-0.1, -0.05) is 104 Å². The van der Waals surface area contributed by atoms with Crippen LogP contribution in [0.4, 0.5) is 15.3 Å². The molecule has 2 aliphatic heterocycles. The van der Waals surface area contributed by atoms with Gasteiger partial charge in [-0.15, -0.1) is 11.3 Å². The number of Topliss-reactive ketones (excluding diaryl/α,β-unsaturated/α-hetero) is 2. The number of hydrogen-bond donors (Lipinski definition) is 7. The second kappa shape index (κ2) is 37.0. The van der Waals surface area contributed by atoms with Crippen molar-refractivity contribution in [3.8, 4) is 0 Å². The van der Waals surface area contributed by atoms with Crippen molar-refractivity contribution in [2.45, 2.75) is 193 Å². The number of carboxylic acids is 1. The number of amides is 9. The van der Waals surface area contributed by atoms with Crippen LogP contribution in [0.3, 0.4) is 0 Å². The van der Waals surface area contributed by atoms with Crippen molar-refractivity contribution in [1.29, 1.82) is 0 Å². The Hall–Kier alpha value is -7.25. The lowest BCUT2D eigenvalue weighted by molar-refractivity contribution is -0.143. The van der Waals surface area contributed by atoms with Crippen molar-refractivity contribution in [2.75, 3.05) is 45.3 Å². The quantitative estimate of drug-likeness (QED) is 0.0207. The summed E-state index contributed by atoms with van der Waals surface area (Å²) in [6.45, 7) is 16.1. The third-order valence-electron chi connectivity index (χ3n) is 18.4. The number of likely N-dealkylation sites (N-methyl/N-ethyl adjacent to an activating group) is 1. The van der Waals surface area contributed by atoms with Gasteiger partial charge in [0.2, 0.25) is 29.5 Å². The van der Waals surface area contributed by atoms with Gasteiger partial charge in [0.15, 0.2) is 11.6 Å². The zero-order chi connectivity index (χ0) is 68.7. The number of thioether (sulfide) groups is 1. The summed E-state index contributed by atoms with van der Waals surface area (Å²) in [5.41, 5.74) is 6.50. The average Bonchev–Trinajstić information content (AvgIpc) is 1.79. The van der Waals surface area contributed by atoms with Gasteiger partial charge in [0.1, 0.15) is 17.3 Å². The maximum atomic E-state index is 14.8. The number of benzene rings is 2. The van der Waals surface area contributed by atoms with E-state index in [4.69, 9.17) is 15.5 Å². The van der Waals surface area contributed by atoms with Gasteiger partial charge in [0, 0.05) is 80.8 Å². The normalized spacial score (nSPS) is 18.4. The second-order valence-electron chi connectivity index (χ2n) is 26.0. The smallest absolute Gasteiger partial charge is 0.408 e. The van der Waals surface area contributed by atoms with E-state index in [0.717, 1.165) is 29.9 Å². The number of imide groups is 1. The molecule has 2 aromatic carbocycles. The molecule has 3 heterocycles. The fourth-order valence-electron chi connectivity index (χ4n) is 12.1. The number of likely N-dealkylation sites (tertiary alicyclic amines) is 2. The number of carbonyl (C=O) groups excluding carboxylic acids is 10. The van der Waals surface area contributed by atoms with Crippen LogP contribution in [0.15, 0.2) is 60.0 Å². The van der Waals surface area contributed by atoms with Crippen molar-refractivity contribution in [1.82, 2.24) is 41.0 Å². The minimum absolute atomic E-state index is 0.0236. The molecule has 0 bridgehead atoms. The number of nitrogens with two attached hydrogens (primary N) is 1. The van der Waals surface area contributed by atoms with Crippen LogP contribution in [0.2, 0.25) is 0 Å². The van der Waals surface area contributed by atoms with Gasteiger partial charge in [-0.25, -0.2) is 14.6 Å². The van der Waals surface area contributed by atoms with Crippen LogP contribution >= 0.6 is 23.1 Å². The highest BCUT2D eigenvalue weighted by atomic mass is 32.2. The Kier molecular flexibility index (Phi) is 30.4. The molecule has 0 aliphatic carbocycles.